The monoisotopic (exact) mass is 313 g/mol. The van der Waals surface area contributed by atoms with Gasteiger partial charge in [0.1, 0.15) is 11.6 Å². The molecular formula is C17H20FN5. The number of rotatable bonds is 4. The second kappa shape index (κ2) is 6.12. The first-order chi connectivity index (χ1) is 11.3. The zero-order valence-electron chi connectivity index (χ0n) is 12.9. The Morgan fingerprint density at radius 3 is 2.91 bits per heavy atom. The van der Waals surface area contributed by atoms with Gasteiger partial charge >= 0.3 is 0 Å². The first-order valence-electron chi connectivity index (χ1n) is 8.07. The summed E-state index contributed by atoms with van der Waals surface area (Å²) >= 11 is 0. The van der Waals surface area contributed by atoms with Crippen LogP contribution >= 0.6 is 0 Å². The highest BCUT2D eigenvalue weighted by Crippen LogP contribution is 2.28. The third kappa shape index (κ3) is 3.12. The highest BCUT2D eigenvalue weighted by Gasteiger charge is 2.36. The molecule has 6 heteroatoms. The first-order valence-corrected chi connectivity index (χ1v) is 8.07. The van der Waals surface area contributed by atoms with Crippen molar-refractivity contribution in [1.82, 2.24) is 15.3 Å². The molecule has 2 fully saturated rings. The molecule has 0 spiro atoms. The summed E-state index contributed by atoms with van der Waals surface area (Å²) in [4.78, 5) is 11.2. The topological polar surface area (TPSA) is 53.1 Å². The molecule has 1 aromatic carbocycles. The molecule has 0 amide bonds. The molecule has 0 saturated carbocycles. The van der Waals surface area contributed by atoms with Gasteiger partial charge in [-0.3, -0.25) is 0 Å². The number of fused-ring (bicyclic) bond motifs is 1. The second-order valence-corrected chi connectivity index (χ2v) is 6.23. The minimum atomic E-state index is -0.222. The highest BCUT2D eigenvalue weighted by atomic mass is 19.1. The molecule has 0 radical (unpaired) electrons. The molecule has 120 valence electrons. The Bertz CT molecular complexity index is 663. The Hall–Kier alpha value is -2.21. The quantitative estimate of drug-likeness (QED) is 0.904. The van der Waals surface area contributed by atoms with Gasteiger partial charge in [-0.15, -0.1) is 0 Å². The van der Waals surface area contributed by atoms with E-state index < -0.39 is 0 Å². The van der Waals surface area contributed by atoms with Crippen LogP contribution in [0.5, 0.6) is 0 Å². The third-order valence-corrected chi connectivity index (χ3v) is 4.69. The van der Waals surface area contributed by atoms with E-state index in [2.05, 4.69) is 25.5 Å². The molecule has 2 atom stereocenters. The van der Waals surface area contributed by atoms with Crippen molar-refractivity contribution >= 4 is 11.8 Å². The largest absolute Gasteiger partial charge is 0.355 e. The maximum atomic E-state index is 12.9. The summed E-state index contributed by atoms with van der Waals surface area (Å²) in [7, 11) is 0. The number of hydrogen-bond donors (Lipinski definition) is 2. The lowest BCUT2D eigenvalue weighted by atomic mass is 10.1. The van der Waals surface area contributed by atoms with Crippen LogP contribution in [-0.2, 0) is 6.54 Å². The summed E-state index contributed by atoms with van der Waals surface area (Å²) in [6.45, 7) is 3.79. The molecule has 23 heavy (non-hydrogen) atoms. The zero-order chi connectivity index (χ0) is 15.6. The van der Waals surface area contributed by atoms with Gasteiger partial charge in [0.15, 0.2) is 0 Å². The van der Waals surface area contributed by atoms with Gasteiger partial charge in [-0.25, -0.2) is 9.37 Å². The maximum Gasteiger partial charge on any atom is 0.224 e. The summed E-state index contributed by atoms with van der Waals surface area (Å²) in [5.74, 6) is 2.09. The Morgan fingerprint density at radius 1 is 1.22 bits per heavy atom. The van der Waals surface area contributed by atoms with E-state index in [-0.39, 0.29) is 5.82 Å². The van der Waals surface area contributed by atoms with Crippen molar-refractivity contribution in [2.45, 2.75) is 19.0 Å². The SMILES string of the molecule is Fc1ccc(CNc2nccc(N3C[C@H]4CCN[C@H]4C3)n2)cc1. The average Bonchev–Trinajstić information content (AvgIpc) is 3.16. The van der Waals surface area contributed by atoms with Crippen LogP contribution in [0.15, 0.2) is 36.5 Å². The predicted octanol–water partition coefficient (Wildman–Crippen LogP) is 2.03. The van der Waals surface area contributed by atoms with E-state index in [1.165, 1.54) is 18.6 Å². The normalized spacial score (nSPS) is 23.1. The number of nitrogens with one attached hydrogen (secondary N) is 2. The average molecular weight is 313 g/mol. The second-order valence-electron chi connectivity index (χ2n) is 6.23. The van der Waals surface area contributed by atoms with E-state index in [1.807, 2.05) is 6.07 Å². The Labute approximate surface area is 134 Å². The number of halogens is 1. The van der Waals surface area contributed by atoms with Crippen LogP contribution in [0.3, 0.4) is 0 Å². The predicted molar refractivity (Wildman–Crippen MR) is 87.9 cm³/mol. The molecule has 2 N–H and O–H groups in total. The fourth-order valence-corrected chi connectivity index (χ4v) is 3.43. The summed E-state index contributed by atoms with van der Waals surface area (Å²) < 4.78 is 12.9. The number of anilines is 2. The van der Waals surface area contributed by atoms with Crippen LogP contribution in [-0.4, -0.2) is 35.6 Å². The minimum Gasteiger partial charge on any atom is -0.355 e. The molecule has 0 unspecified atom stereocenters. The van der Waals surface area contributed by atoms with E-state index in [4.69, 9.17) is 0 Å². The molecule has 2 aliphatic rings. The van der Waals surface area contributed by atoms with Gasteiger partial charge in [-0.2, -0.15) is 4.98 Å². The van der Waals surface area contributed by atoms with Crippen molar-refractivity contribution in [3.63, 3.8) is 0 Å². The summed E-state index contributed by atoms with van der Waals surface area (Å²) in [6, 6.07) is 9.01. The number of nitrogens with zero attached hydrogens (tertiary/aromatic N) is 3. The smallest absolute Gasteiger partial charge is 0.224 e. The van der Waals surface area contributed by atoms with Gasteiger partial charge in [0.2, 0.25) is 5.95 Å². The molecule has 4 rings (SSSR count). The molecule has 3 heterocycles. The Kier molecular flexibility index (Phi) is 3.83. The van der Waals surface area contributed by atoms with Gasteiger partial charge in [0, 0.05) is 31.9 Å². The molecule has 0 bridgehead atoms. The molecule has 2 aliphatic heterocycles. The van der Waals surface area contributed by atoms with Crippen LogP contribution in [0.1, 0.15) is 12.0 Å². The van der Waals surface area contributed by atoms with Crippen molar-refractivity contribution in [2.75, 3.05) is 29.9 Å². The Balaban J connectivity index is 1.41. The number of benzene rings is 1. The van der Waals surface area contributed by atoms with Gasteiger partial charge in [-0.05, 0) is 42.6 Å². The summed E-state index contributed by atoms with van der Waals surface area (Å²) in [5, 5.41) is 6.76. The molecule has 2 saturated heterocycles. The maximum absolute atomic E-state index is 12.9. The molecular weight excluding hydrogens is 293 g/mol. The van der Waals surface area contributed by atoms with E-state index in [1.54, 1.807) is 18.3 Å². The molecule has 5 nitrogen and oxygen atoms in total. The lowest BCUT2D eigenvalue weighted by molar-refractivity contribution is 0.556. The van der Waals surface area contributed by atoms with E-state index in [0.717, 1.165) is 36.9 Å². The van der Waals surface area contributed by atoms with Crippen molar-refractivity contribution in [1.29, 1.82) is 0 Å². The lowest BCUT2D eigenvalue weighted by Crippen LogP contribution is -2.30. The fraction of sp³-hybridized carbons (Fsp3) is 0.412. The standard InChI is InChI=1S/C17H20FN5/c18-14-3-1-12(2-4-14)9-21-17-20-8-6-16(22-17)23-10-13-5-7-19-15(13)11-23/h1-4,6,8,13,15,19H,5,7,9-11H2,(H,20,21,22)/t13-,15+/m1/s1. The number of hydrogen-bond acceptors (Lipinski definition) is 5. The Morgan fingerprint density at radius 2 is 2.09 bits per heavy atom. The van der Waals surface area contributed by atoms with Crippen molar-refractivity contribution in [3.05, 3.63) is 47.9 Å². The molecule has 1 aromatic heterocycles. The number of aromatic nitrogens is 2. The van der Waals surface area contributed by atoms with Crippen LogP contribution < -0.4 is 15.5 Å². The van der Waals surface area contributed by atoms with Crippen molar-refractivity contribution in [3.8, 4) is 0 Å². The molecule has 0 aliphatic carbocycles. The zero-order valence-corrected chi connectivity index (χ0v) is 12.9. The first kappa shape index (κ1) is 14.4. The van der Waals surface area contributed by atoms with Gasteiger partial charge < -0.3 is 15.5 Å². The van der Waals surface area contributed by atoms with Gasteiger partial charge in [-0.1, -0.05) is 12.1 Å². The lowest BCUT2D eigenvalue weighted by Gasteiger charge is -2.18. The van der Waals surface area contributed by atoms with Crippen LogP contribution in [0.2, 0.25) is 0 Å². The summed E-state index contributed by atoms with van der Waals surface area (Å²) in [6.07, 6.45) is 3.04. The van der Waals surface area contributed by atoms with Crippen LogP contribution in [0, 0.1) is 11.7 Å². The van der Waals surface area contributed by atoms with E-state index in [9.17, 15) is 4.39 Å². The molecule has 2 aromatic rings. The highest BCUT2D eigenvalue weighted by molar-refractivity contribution is 5.44. The van der Waals surface area contributed by atoms with Crippen LogP contribution in [0.4, 0.5) is 16.2 Å². The summed E-state index contributed by atoms with van der Waals surface area (Å²) in [5.41, 5.74) is 1.00. The van der Waals surface area contributed by atoms with Gasteiger partial charge in [0.05, 0.1) is 0 Å². The van der Waals surface area contributed by atoms with E-state index in [0.29, 0.717) is 18.5 Å². The fourth-order valence-electron chi connectivity index (χ4n) is 3.43. The van der Waals surface area contributed by atoms with Crippen LogP contribution in [0.25, 0.3) is 0 Å². The van der Waals surface area contributed by atoms with Gasteiger partial charge in [0.25, 0.3) is 0 Å². The van der Waals surface area contributed by atoms with Crippen molar-refractivity contribution in [2.24, 2.45) is 5.92 Å². The third-order valence-electron chi connectivity index (χ3n) is 4.69. The van der Waals surface area contributed by atoms with E-state index >= 15 is 0 Å². The van der Waals surface area contributed by atoms with Crippen molar-refractivity contribution < 1.29 is 4.39 Å². The minimum absolute atomic E-state index is 0.222.